The van der Waals surface area contributed by atoms with Crippen molar-refractivity contribution in [2.24, 2.45) is 10.7 Å². The van der Waals surface area contributed by atoms with Gasteiger partial charge in [-0.25, -0.2) is 4.99 Å². The minimum Gasteiger partial charge on any atom is -0.489 e. The van der Waals surface area contributed by atoms with Gasteiger partial charge in [0.15, 0.2) is 5.96 Å². The molecule has 0 aliphatic rings. The molecule has 4 nitrogen and oxygen atoms in total. The van der Waals surface area contributed by atoms with E-state index in [1.165, 1.54) is 5.56 Å². The lowest BCUT2D eigenvalue weighted by Gasteiger charge is -2.16. The van der Waals surface area contributed by atoms with Gasteiger partial charge in [-0.15, -0.1) is 24.0 Å². The summed E-state index contributed by atoms with van der Waals surface area (Å²) in [7, 11) is 0. The third kappa shape index (κ3) is 7.57. The van der Waals surface area contributed by atoms with Crippen molar-refractivity contribution in [3.63, 3.8) is 0 Å². The van der Waals surface area contributed by atoms with Gasteiger partial charge in [0.2, 0.25) is 0 Å². The van der Waals surface area contributed by atoms with Crippen LogP contribution in [0.2, 0.25) is 0 Å². The van der Waals surface area contributed by atoms with Crippen LogP contribution in [0, 0.1) is 6.92 Å². The molecule has 1 unspecified atom stereocenters. The molecule has 0 saturated carbocycles. The molecule has 0 bridgehead atoms. The maximum absolute atomic E-state index is 5.91. The summed E-state index contributed by atoms with van der Waals surface area (Å²) < 4.78 is 5.91. The molecule has 114 valence electrons. The summed E-state index contributed by atoms with van der Waals surface area (Å²) in [5, 5.41) is 3.06. The summed E-state index contributed by atoms with van der Waals surface area (Å²) in [6, 6.07) is 8.06. The van der Waals surface area contributed by atoms with Crippen LogP contribution in [0.25, 0.3) is 0 Å². The number of halogens is 1. The van der Waals surface area contributed by atoms with E-state index in [0.717, 1.165) is 25.1 Å². The first-order chi connectivity index (χ1) is 9.15. The van der Waals surface area contributed by atoms with E-state index in [1.807, 2.05) is 18.2 Å². The third-order valence-electron chi connectivity index (χ3n) is 2.77. The summed E-state index contributed by atoms with van der Waals surface area (Å²) in [5.41, 5.74) is 6.96. The molecule has 0 heterocycles. The van der Waals surface area contributed by atoms with Crippen LogP contribution in [0.5, 0.6) is 5.75 Å². The second-order valence-corrected chi connectivity index (χ2v) is 4.62. The maximum atomic E-state index is 5.91. The highest BCUT2D eigenvalue weighted by molar-refractivity contribution is 14.0. The molecule has 1 aromatic carbocycles. The van der Waals surface area contributed by atoms with E-state index in [4.69, 9.17) is 10.5 Å². The fourth-order valence-electron chi connectivity index (χ4n) is 1.64. The number of hydrogen-bond donors (Lipinski definition) is 2. The largest absolute Gasteiger partial charge is 0.489 e. The van der Waals surface area contributed by atoms with Crippen molar-refractivity contribution >= 4 is 29.9 Å². The molecular weight excluding hydrogens is 365 g/mol. The van der Waals surface area contributed by atoms with Crippen molar-refractivity contribution < 1.29 is 4.74 Å². The molecule has 0 spiro atoms. The van der Waals surface area contributed by atoms with E-state index in [0.29, 0.717) is 12.5 Å². The van der Waals surface area contributed by atoms with Gasteiger partial charge in [-0.3, -0.25) is 0 Å². The Labute approximate surface area is 139 Å². The highest BCUT2D eigenvalue weighted by Gasteiger charge is 2.07. The molecule has 20 heavy (non-hydrogen) atoms. The van der Waals surface area contributed by atoms with Gasteiger partial charge in [-0.05, 0) is 37.5 Å². The zero-order valence-electron chi connectivity index (χ0n) is 12.6. The zero-order chi connectivity index (χ0) is 14.1. The Balaban J connectivity index is 0.00000361. The Kier molecular flexibility index (Phi) is 10.2. The van der Waals surface area contributed by atoms with Gasteiger partial charge in [0, 0.05) is 6.54 Å². The molecule has 0 saturated heterocycles. The Hall–Kier alpha value is -0.980. The molecule has 0 radical (unpaired) electrons. The summed E-state index contributed by atoms with van der Waals surface area (Å²) in [6.07, 6.45) is 2.00. The number of nitrogens with zero attached hydrogens (tertiary/aromatic N) is 1. The predicted molar refractivity (Wildman–Crippen MR) is 96.1 cm³/mol. The van der Waals surface area contributed by atoms with Crippen LogP contribution in [0.3, 0.4) is 0 Å². The van der Waals surface area contributed by atoms with Crippen LogP contribution in [0.15, 0.2) is 29.3 Å². The Morgan fingerprint density at radius 1 is 1.40 bits per heavy atom. The number of nitrogens with one attached hydrogen (secondary N) is 1. The normalized spacial score (nSPS) is 12.4. The highest BCUT2D eigenvalue weighted by atomic mass is 127. The number of aliphatic imine (C=N–C) groups is 1. The number of aryl methyl sites for hydroxylation is 1. The van der Waals surface area contributed by atoms with Crippen molar-refractivity contribution in [2.75, 3.05) is 13.1 Å². The zero-order valence-corrected chi connectivity index (χ0v) is 14.9. The number of ether oxygens (including phenoxy) is 1. The monoisotopic (exact) mass is 391 g/mol. The van der Waals surface area contributed by atoms with Crippen LogP contribution < -0.4 is 15.8 Å². The van der Waals surface area contributed by atoms with Gasteiger partial charge in [0.25, 0.3) is 0 Å². The van der Waals surface area contributed by atoms with Crippen LogP contribution in [0.4, 0.5) is 0 Å². The van der Waals surface area contributed by atoms with Crippen molar-refractivity contribution in [1.29, 1.82) is 0 Å². The van der Waals surface area contributed by atoms with Crippen molar-refractivity contribution in [2.45, 2.75) is 39.7 Å². The summed E-state index contributed by atoms with van der Waals surface area (Å²) >= 11 is 0. The smallest absolute Gasteiger partial charge is 0.188 e. The van der Waals surface area contributed by atoms with Crippen molar-refractivity contribution in [3.8, 4) is 5.75 Å². The number of hydrogen-bond acceptors (Lipinski definition) is 2. The first-order valence-electron chi connectivity index (χ1n) is 6.92. The van der Waals surface area contributed by atoms with E-state index in [2.05, 4.69) is 37.1 Å². The molecule has 0 amide bonds. The fourth-order valence-corrected chi connectivity index (χ4v) is 1.64. The molecule has 1 atom stereocenters. The lowest BCUT2D eigenvalue weighted by atomic mass is 10.2. The summed E-state index contributed by atoms with van der Waals surface area (Å²) in [6.45, 7) is 7.66. The van der Waals surface area contributed by atoms with Crippen LogP contribution >= 0.6 is 24.0 Å². The minimum atomic E-state index is 0. The molecule has 0 aromatic heterocycles. The number of benzene rings is 1. The molecule has 5 heteroatoms. The minimum absolute atomic E-state index is 0. The second kappa shape index (κ2) is 10.8. The highest BCUT2D eigenvalue weighted by Crippen LogP contribution is 2.15. The molecule has 0 aliphatic carbocycles. The predicted octanol–water partition coefficient (Wildman–Crippen LogP) is 3.08. The number of guanidine groups is 1. The van der Waals surface area contributed by atoms with Gasteiger partial charge in [0.05, 0.1) is 6.54 Å². The lowest BCUT2D eigenvalue weighted by Crippen LogP contribution is -2.33. The van der Waals surface area contributed by atoms with Gasteiger partial charge < -0.3 is 15.8 Å². The fraction of sp³-hybridized carbons (Fsp3) is 0.533. The molecule has 1 aromatic rings. The Morgan fingerprint density at radius 3 is 2.75 bits per heavy atom. The van der Waals surface area contributed by atoms with Gasteiger partial charge >= 0.3 is 0 Å². The first kappa shape index (κ1) is 19.0. The van der Waals surface area contributed by atoms with Crippen LogP contribution in [0.1, 0.15) is 32.3 Å². The van der Waals surface area contributed by atoms with Crippen LogP contribution in [-0.4, -0.2) is 25.2 Å². The van der Waals surface area contributed by atoms with E-state index >= 15 is 0 Å². The van der Waals surface area contributed by atoms with Crippen molar-refractivity contribution in [1.82, 2.24) is 5.32 Å². The average Bonchev–Trinajstić information content (AvgIpc) is 2.41. The quantitative estimate of drug-likeness (QED) is 0.427. The topological polar surface area (TPSA) is 59.6 Å². The standard InChI is InChI=1S/C15H25N3O.HI/c1-4-9-17-15(16)18-11-13(5-2)19-14-8-6-7-12(3)10-14;/h6-8,10,13H,4-5,9,11H2,1-3H3,(H3,16,17,18);1H. The van der Waals surface area contributed by atoms with Crippen molar-refractivity contribution in [3.05, 3.63) is 29.8 Å². The molecule has 0 fully saturated rings. The van der Waals surface area contributed by atoms with E-state index in [1.54, 1.807) is 0 Å². The van der Waals surface area contributed by atoms with Gasteiger partial charge in [0.1, 0.15) is 11.9 Å². The van der Waals surface area contributed by atoms with E-state index in [9.17, 15) is 0 Å². The summed E-state index contributed by atoms with van der Waals surface area (Å²) in [4.78, 5) is 4.31. The number of rotatable bonds is 7. The van der Waals surface area contributed by atoms with Gasteiger partial charge in [-0.2, -0.15) is 0 Å². The molecule has 1 rings (SSSR count). The third-order valence-corrected chi connectivity index (χ3v) is 2.77. The first-order valence-corrected chi connectivity index (χ1v) is 6.92. The van der Waals surface area contributed by atoms with E-state index in [-0.39, 0.29) is 30.1 Å². The van der Waals surface area contributed by atoms with Crippen LogP contribution in [-0.2, 0) is 0 Å². The second-order valence-electron chi connectivity index (χ2n) is 4.62. The van der Waals surface area contributed by atoms with Gasteiger partial charge in [-0.1, -0.05) is 26.0 Å². The number of nitrogens with two attached hydrogens (primary N) is 1. The maximum Gasteiger partial charge on any atom is 0.188 e. The molecule has 3 N–H and O–H groups in total. The Bertz CT molecular complexity index is 410. The summed E-state index contributed by atoms with van der Waals surface area (Å²) in [5.74, 6) is 1.38. The van der Waals surface area contributed by atoms with E-state index < -0.39 is 0 Å². The molecule has 0 aliphatic heterocycles. The Morgan fingerprint density at radius 2 is 2.15 bits per heavy atom. The molecular formula is C15H26IN3O. The lowest BCUT2D eigenvalue weighted by molar-refractivity contribution is 0.205. The SMILES string of the molecule is CCCNC(N)=NCC(CC)Oc1cccc(C)c1.I. The average molecular weight is 391 g/mol.